The van der Waals surface area contributed by atoms with Crippen molar-refractivity contribution >= 4 is 11.8 Å². The summed E-state index contributed by atoms with van der Waals surface area (Å²) in [5.41, 5.74) is -0.187. The van der Waals surface area contributed by atoms with Crippen molar-refractivity contribution < 1.29 is 27.6 Å². The van der Waals surface area contributed by atoms with E-state index in [0.717, 1.165) is 38.5 Å². The molecule has 1 heterocycles. The lowest BCUT2D eigenvalue weighted by molar-refractivity contribution is -0.122. The molecule has 10 heteroatoms. The quantitative estimate of drug-likeness (QED) is 0.566. The monoisotopic (exact) mass is 450 g/mol. The van der Waals surface area contributed by atoms with Crippen molar-refractivity contribution in [2.24, 2.45) is 0 Å². The summed E-state index contributed by atoms with van der Waals surface area (Å²) in [5.74, 6) is 0.348. The van der Waals surface area contributed by atoms with Crippen LogP contribution >= 0.6 is 0 Å². The Morgan fingerprint density at radius 3 is 2.59 bits per heavy atom. The molecule has 2 N–H and O–H groups in total. The maximum atomic E-state index is 12.5. The van der Waals surface area contributed by atoms with Crippen LogP contribution in [0.4, 0.5) is 8.78 Å². The van der Waals surface area contributed by atoms with Crippen molar-refractivity contribution in [2.75, 3.05) is 0 Å². The molecule has 1 aliphatic rings. The Kier molecular flexibility index (Phi) is 8.13. The number of hydrogen-bond acceptors (Lipinski definition) is 6. The van der Waals surface area contributed by atoms with Gasteiger partial charge >= 0.3 is 6.61 Å². The van der Waals surface area contributed by atoms with E-state index in [4.69, 9.17) is 4.52 Å². The van der Waals surface area contributed by atoms with Crippen LogP contribution in [0.15, 0.2) is 28.8 Å². The number of para-hydroxylation sites is 1. The number of alkyl halides is 2. The molecule has 0 aliphatic heterocycles. The molecule has 1 fully saturated rings. The zero-order valence-corrected chi connectivity index (χ0v) is 18.0. The summed E-state index contributed by atoms with van der Waals surface area (Å²) in [6, 6.07) is 6.29. The number of carbonyl (C=O) groups is 2. The van der Waals surface area contributed by atoms with Gasteiger partial charge in [-0.05, 0) is 18.9 Å². The van der Waals surface area contributed by atoms with Crippen LogP contribution in [-0.2, 0) is 28.1 Å². The average Bonchev–Trinajstić information content (AvgIpc) is 3.11. The fourth-order valence-electron chi connectivity index (χ4n) is 3.99. The number of nitrogens with zero attached hydrogens (tertiary/aromatic N) is 2. The Bertz CT molecular complexity index is 911. The van der Waals surface area contributed by atoms with Gasteiger partial charge in [-0.2, -0.15) is 13.8 Å². The molecule has 1 aromatic heterocycles. The molecule has 0 unspecified atom stereocenters. The maximum absolute atomic E-state index is 12.5. The summed E-state index contributed by atoms with van der Waals surface area (Å²) < 4.78 is 34.8. The Balaban J connectivity index is 1.56. The maximum Gasteiger partial charge on any atom is 0.387 e. The molecule has 1 saturated carbocycles. The van der Waals surface area contributed by atoms with E-state index in [1.807, 2.05) is 0 Å². The van der Waals surface area contributed by atoms with Gasteiger partial charge in [0, 0.05) is 31.9 Å². The summed E-state index contributed by atoms with van der Waals surface area (Å²) in [7, 11) is 0. The average molecular weight is 450 g/mol. The summed E-state index contributed by atoms with van der Waals surface area (Å²) in [6.45, 7) is -1.40. The smallest absolute Gasteiger partial charge is 0.387 e. The van der Waals surface area contributed by atoms with Crippen molar-refractivity contribution in [2.45, 2.75) is 77.0 Å². The van der Waals surface area contributed by atoms with Crippen molar-refractivity contribution in [1.29, 1.82) is 0 Å². The highest BCUT2D eigenvalue weighted by Gasteiger charge is 2.38. The normalized spacial score (nSPS) is 15.8. The van der Waals surface area contributed by atoms with E-state index in [2.05, 4.69) is 25.5 Å². The standard InChI is InChI=1S/C22H28F2N4O4/c1-15(29)27-22(12-6-2-3-7-13-22)20-26-19(32-28-20)11-10-18(30)25-14-16-8-4-5-9-17(16)31-21(23)24/h4-5,8-9,21H,2-3,6-7,10-14H2,1H3,(H,25,30)(H,27,29). The third-order valence-corrected chi connectivity index (χ3v) is 5.50. The van der Waals surface area contributed by atoms with Gasteiger partial charge in [0.15, 0.2) is 5.82 Å². The summed E-state index contributed by atoms with van der Waals surface area (Å²) >= 11 is 0. The number of halogens is 2. The molecule has 0 saturated heterocycles. The third kappa shape index (κ3) is 6.48. The first-order valence-corrected chi connectivity index (χ1v) is 10.8. The van der Waals surface area contributed by atoms with E-state index in [-0.39, 0.29) is 37.0 Å². The van der Waals surface area contributed by atoms with Crippen LogP contribution in [0.3, 0.4) is 0 Å². The number of ether oxygens (including phenoxy) is 1. The molecule has 174 valence electrons. The number of aromatic nitrogens is 2. The molecule has 2 amide bonds. The van der Waals surface area contributed by atoms with Gasteiger partial charge in [-0.15, -0.1) is 0 Å². The van der Waals surface area contributed by atoms with E-state index in [0.29, 0.717) is 17.3 Å². The minimum absolute atomic E-state index is 0.0241. The highest BCUT2D eigenvalue weighted by molar-refractivity contribution is 5.76. The molecule has 1 aromatic carbocycles. The van der Waals surface area contributed by atoms with Crippen molar-refractivity contribution in [1.82, 2.24) is 20.8 Å². The number of amides is 2. The number of hydrogen-bond donors (Lipinski definition) is 2. The number of rotatable bonds is 9. The molecule has 0 radical (unpaired) electrons. The first kappa shape index (κ1) is 23.6. The van der Waals surface area contributed by atoms with Gasteiger partial charge < -0.3 is 19.9 Å². The zero-order chi connectivity index (χ0) is 23.0. The topological polar surface area (TPSA) is 106 Å². The minimum Gasteiger partial charge on any atom is -0.434 e. The molecule has 32 heavy (non-hydrogen) atoms. The Hall–Kier alpha value is -3.04. The molecular weight excluding hydrogens is 422 g/mol. The fourth-order valence-corrected chi connectivity index (χ4v) is 3.99. The predicted octanol–water partition coefficient (Wildman–Crippen LogP) is 3.61. The van der Waals surface area contributed by atoms with Gasteiger partial charge in [-0.3, -0.25) is 9.59 Å². The van der Waals surface area contributed by atoms with E-state index in [9.17, 15) is 18.4 Å². The molecule has 0 spiro atoms. The second-order valence-corrected chi connectivity index (χ2v) is 7.95. The Morgan fingerprint density at radius 2 is 1.91 bits per heavy atom. The largest absolute Gasteiger partial charge is 0.434 e. The van der Waals surface area contributed by atoms with E-state index in [1.54, 1.807) is 18.2 Å². The molecular formula is C22H28F2N4O4. The van der Waals surface area contributed by atoms with Gasteiger partial charge in [-0.25, -0.2) is 0 Å². The van der Waals surface area contributed by atoms with Crippen LogP contribution in [0.5, 0.6) is 5.75 Å². The van der Waals surface area contributed by atoms with Crippen molar-refractivity contribution in [3.8, 4) is 5.75 Å². The van der Waals surface area contributed by atoms with Gasteiger partial charge in [-0.1, -0.05) is 49.0 Å². The van der Waals surface area contributed by atoms with Crippen LogP contribution in [0.25, 0.3) is 0 Å². The summed E-state index contributed by atoms with van der Waals surface area (Å²) in [5, 5.41) is 9.80. The minimum atomic E-state index is -2.94. The number of nitrogens with one attached hydrogen (secondary N) is 2. The van der Waals surface area contributed by atoms with Crippen LogP contribution in [0.2, 0.25) is 0 Å². The lowest BCUT2D eigenvalue weighted by atomic mass is 9.89. The molecule has 2 aromatic rings. The van der Waals surface area contributed by atoms with Gasteiger partial charge in [0.25, 0.3) is 0 Å². The van der Waals surface area contributed by atoms with E-state index >= 15 is 0 Å². The molecule has 3 rings (SSSR count). The lowest BCUT2D eigenvalue weighted by Gasteiger charge is -2.30. The number of carbonyl (C=O) groups excluding carboxylic acids is 2. The fraction of sp³-hybridized carbons (Fsp3) is 0.545. The van der Waals surface area contributed by atoms with Gasteiger partial charge in [0.1, 0.15) is 11.3 Å². The van der Waals surface area contributed by atoms with Crippen LogP contribution < -0.4 is 15.4 Å². The van der Waals surface area contributed by atoms with Crippen molar-refractivity contribution in [3.63, 3.8) is 0 Å². The lowest BCUT2D eigenvalue weighted by Crippen LogP contribution is -2.45. The molecule has 0 atom stereocenters. The van der Waals surface area contributed by atoms with Crippen LogP contribution in [0, 0.1) is 0 Å². The molecule has 1 aliphatic carbocycles. The van der Waals surface area contributed by atoms with Crippen LogP contribution in [0.1, 0.15) is 69.1 Å². The van der Waals surface area contributed by atoms with Crippen LogP contribution in [-0.4, -0.2) is 28.6 Å². The molecule has 0 bridgehead atoms. The number of aryl methyl sites for hydroxylation is 1. The second kappa shape index (κ2) is 11.0. The molecule has 8 nitrogen and oxygen atoms in total. The highest BCUT2D eigenvalue weighted by atomic mass is 19.3. The Labute approximate surface area is 185 Å². The first-order chi connectivity index (χ1) is 15.4. The highest BCUT2D eigenvalue weighted by Crippen LogP contribution is 2.34. The second-order valence-electron chi connectivity index (χ2n) is 7.95. The number of benzene rings is 1. The van der Waals surface area contributed by atoms with Crippen molar-refractivity contribution in [3.05, 3.63) is 41.5 Å². The van der Waals surface area contributed by atoms with Gasteiger partial charge in [0.05, 0.1) is 0 Å². The zero-order valence-electron chi connectivity index (χ0n) is 18.0. The van der Waals surface area contributed by atoms with E-state index < -0.39 is 12.2 Å². The van der Waals surface area contributed by atoms with E-state index in [1.165, 1.54) is 13.0 Å². The first-order valence-electron chi connectivity index (χ1n) is 10.8. The van der Waals surface area contributed by atoms with Gasteiger partial charge in [0.2, 0.25) is 17.7 Å². The summed E-state index contributed by atoms with van der Waals surface area (Å²) in [4.78, 5) is 28.5. The Morgan fingerprint density at radius 1 is 1.19 bits per heavy atom. The summed E-state index contributed by atoms with van der Waals surface area (Å²) in [6.07, 6.45) is 5.91. The predicted molar refractivity (Wildman–Crippen MR) is 111 cm³/mol. The third-order valence-electron chi connectivity index (χ3n) is 5.50. The SMILES string of the molecule is CC(=O)NC1(c2noc(CCC(=O)NCc3ccccc3OC(F)F)n2)CCCCCC1.